The van der Waals surface area contributed by atoms with Gasteiger partial charge in [-0.1, -0.05) is 6.92 Å². The molecule has 6 heteroatoms. The molecule has 2 heterocycles. The van der Waals surface area contributed by atoms with E-state index in [4.69, 9.17) is 0 Å². The topological polar surface area (TPSA) is 61.6 Å². The lowest BCUT2D eigenvalue weighted by molar-refractivity contribution is -0.131. The van der Waals surface area contributed by atoms with Crippen LogP contribution in [0.1, 0.15) is 25.6 Å². The van der Waals surface area contributed by atoms with Gasteiger partial charge in [0.1, 0.15) is 5.82 Å². The Morgan fingerprint density at radius 3 is 2.95 bits per heavy atom. The molecule has 6 nitrogen and oxygen atoms in total. The van der Waals surface area contributed by atoms with Crippen molar-refractivity contribution in [1.82, 2.24) is 19.4 Å². The van der Waals surface area contributed by atoms with Crippen molar-refractivity contribution >= 4 is 5.91 Å². The summed E-state index contributed by atoms with van der Waals surface area (Å²) in [5, 5.41) is 10.5. The molecule has 0 aliphatic carbocycles. The van der Waals surface area contributed by atoms with Crippen LogP contribution in [0.5, 0.6) is 0 Å². The van der Waals surface area contributed by atoms with Crippen molar-refractivity contribution in [3.63, 3.8) is 0 Å². The summed E-state index contributed by atoms with van der Waals surface area (Å²) in [6.07, 6.45) is 5.67. The van der Waals surface area contributed by atoms with Gasteiger partial charge < -0.3 is 19.5 Å². The number of likely N-dealkylation sites (tertiary alicyclic amines) is 1. The summed E-state index contributed by atoms with van der Waals surface area (Å²) in [6, 6.07) is 0. The Kier molecular flexibility index (Phi) is 5.00. The molecule has 1 aliphatic rings. The van der Waals surface area contributed by atoms with Crippen molar-refractivity contribution in [3.05, 3.63) is 18.2 Å². The monoisotopic (exact) mass is 294 g/mol. The van der Waals surface area contributed by atoms with Crippen LogP contribution in [0.4, 0.5) is 0 Å². The molecule has 1 atom stereocenters. The third-order valence-electron chi connectivity index (χ3n) is 3.98. The first-order chi connectivity index (χ1) is 9.93. The second-order valence-electron chi connectivity index (χ2n) is 6.17. The molecule has 0 bridgehead atoms. The molecule has 21 heavy (non-hydrogen) atoms. The number of hydrogen-bond acceptors (Lipinski definition) is 4. The Bertz CT molecular complexity index is 486. The summed E-state index contributed by atoms with van der Waals surface area (Å²) >= 11 is 0. The van der Waals surface area contributed by atoms with Crippen LogP contribution in [0.25, 0.3) is 0 Å². The van der Waals surface area contributed by atoms with Crippen LogP contribution in [-0.2, 0) is 17.8 Å². The molecule has 1 aromatic heterocycles. The maximum absolute atomic E-state index is 12.3. The summed E-state index contributed by atoms with van der Waals surface area (Å²) < 4.78 is 2.03. The van der Waals surface area contributed by atoms with Gasteiger partial charge in [0.15, 0.2) is 0 Å². The van der Waals surface area contributed by atoms with Crippen LogP contribution >= 0.6 is 0 Å². The number of rotatable bonds is 6. The molecule has 2 rings (SSSR count). The predicted molar refractivity (Wildman–Crippen MR) is 80.9 cm³/mol. The van der Waals surface area contributed by atoms with Gasteiger partial charge in [-0.05, 0) is 20.5 Å². The smallest absolute Gasteiger partial charge is 0.224 e. The lowest BCUT2D eigenvalue weighted by Gasteiger charge is -2.26. The average Bonchev–Trinajstić information content (AvgIpc) is 3.01. The lowest BCUT2D eigenvalue weighted by Crippen LogP contribution is -2.43. The normalized spacial score (nSPS) is 22.2. The van der Waals surface area contributed by atoms with Gasteiger partial charge in [0.25, 0.3) is 0 Å². The molecule has 1 amide bonds. The summed E-state index contributed by atoms with van der Waals surface area (Å²) in [4.78, 5) is 20.3. The number of carbonyl (C=O) groups excluding carboxylic acids is 1. The Labute approximate surface area is 126 Å². The van der Waals surface area contributed by atoms with Crippen molar-refractivity contribution in [1.29, 1.82) is 0 Å². The lowest BCUT2D eigenvalue weighted by atomic mass is 10.0. The second kappa shape index (κ2) is 6.58. The molecule has 1 aliphatic heterocycles. The van der Waals surface area contributed by atoms with Gasteiger partial charge in [-0.3, -0.25) is 4.79 Å². The molecular formula is C15H26N4O2. The van der Waals surface area contributed by atoms with E-state index in [1.165, 1.54) is 0 Å². The highest BCUT2D eigenvalue weighted by atomic mass is 16.3. The molecular weight excluding hydrogens is 268 g/mol. The SMILES string of the molecule is CCc1nccn1CCC(=O)N1CC[C@](O)(CN(C)C)C1. The van der Waals surface area contributed by atoms with Crippen molar-refractivity contribution < 1.29 is 9.90 Å². The fourth-order valence-corrected chi connectivity index (χ4v) is 3.02. The third kappa shape index (κ3) is 4.04. The van der Waals surface area contributed by atoms with Gasteiger partial charge in [0.2, 0.25) is 5.91 Å². The maximum Gasteiger partial charge on any atom is 0.224 e. The summed E-state index contributed by atoms with van der Waals surface area (Å²) in [5.74, 6) is 1.12. The van der Waals surface area contributed by atoms with Crippen LogP contribution in [0.3, 0.4) is 0 Å². The first-order valence-electron chi connectivity index (χ1n) is 7.58. The first kappa shape index (κ1) is 16.0. The standard InChI is InChI=1S/C15H26N4O2/c1-4-13-16-7-10-18(13)8-5-14(20)19-9-6-15(21,12-19)11-17(2)3/h7,10,21H,4-6,8-9,11-12H2,1-3H3/t15-/m0/s1. The molecule has 0 spiro atoms. The number of aliphatic hydroxyl groups is 1. The minimum atomic E-state index is -0.761. The molecule has 1 saturated heterocycles. The van der Waals surface area contributed by atoms with Crippen LogP contribution in [0, 0.1) is 0 Å². The van der Waals surface area contributed by atoms with Crippen molar-refractivity contribution in [2.24, 2.45) is 0 Å². The second-order valence-corrected chi connectivity index (χ2v) is 6.17. The Balaban J connectivity index is 1.85. The average molecular weight is 294 g/mol. The number of aryl methyl sites for hydroxylation is 2. The molecule has 0 aromatic carbocycles. The number of nitrogens with zero attached hydrogens (tertiary/aromatic N) is 4. The maximum atomic E-state index is 12.3. The van der Waals surface area contributed by atoms with Gasteiger partial charge in [-0.15, -0.1) is 0 Å². The van der Waals surface area contributed by atoms with E-state index in [1.54, 1.807) is 11.1 Å². The fourth-order valence-electron chi connectivity index (χ4n) is 3.02. The Morgan fingerprint density at radius 2 is 2.29 bits per heavy atom. The number of hydrogen-bond donors (Lipinski definition) is 1. The minimum Gasteiger partial charge on any atom is -0.387 e. The van der Waals surface area contributed by atoms with E-state index in [0.717, 1.165) is 12.2 Å². The van der Waals surface area contributed by atoms with Crippen LogP contribution in [-0.4, -0.2) is 69.7 Å². The quantitative estimate of drug-likeness (QED) is 0.823. The molecule has 0 radical (unpaired) electrons. The van der Waals surface area contributed by atoms with E-state index >= 15 is 0 Å². The van der Waals surface area contributed by atoms with Crippen molar-refractivity contribution in [2.75, 3.05) is 33.7 Å². The van der Waals surface area contributed by atoms with Crippen LogP contribution in [0.15, 0.2) is 12.4 Å². The van der Waals surface area contributed by atoms with Gasteiger partial charge in [0, 0.05) is 44.9 Å². The zero-order chi connectivity index (χ0) is 15.5. The van der Waals surface area contributed by atoms with E-state index in [2.05, 4.69) is 11.9 Å². The van der Waals surface area contributed by atoms with E-state index in [0.29, 0.717) is 39.0 Å². The highest BCUT2D eigenvalue weighted by molar-refractivity contribution is 5.76. The number of imidazole rings is 1. The van der Waals surface area contributed by atoms with Gasteiger partial charge in [0.05, 0.1) is 12.1 Å². The molecule has 1 fully saturated rings. The molecule has 1 aromatic rings. The van der Waals surface area contributed by atoms with Crippen LogP contribution in [0.2, 0.25) is 0 Å². The van der Waals surface area contributed by atoms with Gasteiger partial charge in [-0.2, -0.15) is 0 Å². The third-order valence-corrected chi connectivity index (χ3v) is 3.98. The van der Waals surface area contributed by atoms with E-state index in [-0.39, 0.29) is 5.91 Å². The van der Waals surface area contributed by atoms with E-state index < -0.39 is 5.60 Å². The van der Waals surface area contributed by atoms with Crippen molar-refractivity contribution in [2.45, 2.75) is 38.3 Å². The van der Waals surface area contributed by atoms with Crippen molar-refractivity contribution in [3.8, 4) is 0 Å². The van der Waals surface area contributed by atoms with Crippen LogP contribution < -0.4 is 0 Å². The number of amides is 1. The van der Waals surface area contributed by atoms with E-state index in [9.17, 15) is 9.90 Å². The largest absolute Gasteiger partial charge is 0.387 e. The first-order valence-corrected chi connectivity index (χ1v) is 7.58. The number of likely N-dealkylation sites (N-methyl/N-ethyl adjacent to an activating group) is 1. The summed E-state index contributed by atoms with van der Waals surface area (Å²) in [6.45, 7) is 4.40. The number of aromatic nitrogens is 2. The van der Waals surface area contributed by atoms with Gasteiger partial charge in [-0.25, -0.2) is 4.98 Å². The summed E-state index contributed by atoms with van der Waals surface area (Å²) in [7, 11) is 3.88. The Morgan fingerprint density at radius 1 is 1.52 bits per heavy atom. The predicted octanol–water partition coefficient (Wildman–Crippen LogP) is 0.361. The zero-order valence-electron chi connectivity index (χ0n) is 13.2. The number of β-amino-alcohol motifs (C(OH)–C–C–N with tert-alkyl or cyclic N) is 1. The highest BCUT2D eigenvalue weighted by Crippen LogP contribution is 2.22. The molecule has 118 valence electrons. The van der Waals surface area contributed by atoms with Gasteiger partial charge >= 0.3 is 0 Å². The molecule has 1 N–H and O–H groups in total. The Hall–Kier alpha value is -1.40. The zero-order valence-corrected chi connectivity index (χ0v) is 13.2. The minimum absolute atomic E-state index is 0.112. The molecule has 0 unspecified atom stereocenters. The number of carbonyl (C=O) groups is 1. The van der Waals surface area contributed by atoms with E-state index in [1.807, 2.05) is 29.8 Å². The fraction of sp³-hybridized carbons (Fsp3) is 0.733. The highest BCUT2D eigenvalue weighted by Gasteiger charge is 2.38. The summed E-state index contributed by atoms with van der Waals surface area (Å²) in [5.41, 5.74) is -0.761. The molecule has 0 saturated carbocycles.